The number of para-hydroxylation sites is 1. The molecule has 0 fully saturated rings. The van der Waals surface area contributed by atoms with Crippen LogP contribution in [0.1, 0.15) is 5.56 Å². The predicted molar refractivity (Wildman–Crippen MR) is 69.6 cm³/mol. The van der Waals surface area contributed by atoms with Crippen molar-refractivity contribution in [2.45, 2.75) is 10.6 Å². The Balaban J connectivity index is 2.37. The molecule has 6 heteroatoms. The van der Waals surface area contributed by atoms with Gasteiger partial charge < -0.3 is 5.21 Å². The van der Waals surface area contributed by atoms with Gasteiger partial charge in [-0.15, -0.1) is 0 Å². The summed E-state index contributed by atoms with van der Waals surface area (Å²) < 4.78 is 24.4. The van der Waals surface area contributed by atoms with Crippen LogP contribution in [-0.2, 0) is 15.6 Å². The maximum absolute atomic E-state index is 12.2. The van der Waals surface area contributed by atoms with E-state index in [1.807, 2.05) is 0 Å². The molecule has 0 saturated heterocycles. The molecule has 0 amide bonds. The Bertz CT molecular complexity index is 653. The number of sulfone groups is 1. The second-order valence-corrected chi connectivity index (χ2v) is 6.02. The van der Waals surface area contributed by atoms with Gasteiger partial charge in [-0.25, -0.2) is 13.6 Å². The summed E-state index contributed by atoms with van der Waals surface area (Å²) in [6, 6.07) is 14.1. The molecule has 0 saturated carbocycles. The van der Waals surface area contributed by atoms with Gasteiger partial charge in [-0.05, 0) is 12.1 Å². The van der Waals surface area contributed by atoms with Crippen LogP contribution in [0.3, 0.4) is 0 Å². The van der Waals surface area contributed by atoms with Crippen LogP contribution in [0, 0.1) is 5.21 Å². The summed E-state index contributed by atoms with van der Waals surface area (Å²) in [7, 11) is -3.53. The molecule has 1 unspecified atom stereocenters. The minimum absolute atomic E-state index is 0.0157. The molecule has 2 N–H and O–H groups in total. The highest BCUT2D eigenvalue weighted by Gasteiger charge is 2.19. The molecule has 100 valence electrons. The Morgan fingerprint density at radius 1 is 1.00 bits per heavy atom. The minimum atomic E-state index is -3.53. The Hall–Kier alpha value is -1.73. The van der Waals surface area contributed by atoms with E-state index >= 15 is 0 Å². The predicted octanol–water partition coefficient (Wildman–Crippen LogP) is 1.06. The SMILES string of the molecule is O=S(=O)(Cc1ccccc1[NH+]([O-])O)c1ccccc1. The van der Waals surface area contributed by atoms with Crippen LogP contribution in [0.15, 0.2) is 59.5 Å². The molecule has 0 aliphatic carbocycles. The van der Waals surface area contributed by atoms with Crippen LogP contribution in [0.2, 0.25) is 0 Å². The average Bonchev–Trinajstić information content (AvgIpc) is 2.39. The molecular formula is C13H13NO4S. The lowest BCUT2D eigenvalue weighted by atomic mass is 10.2. The maximum Gasteiger partial charge on any atom is 0.182 e. The quantitative estimate of drug-likeness (QED) is 0.820. The largest absolute Gasteiger partial charge is 0.595 e. The zero-order chi connectivity index (χ0) is 13.9. The van der Waals surface area contributed by atoms with E-state index in [1.54, 1.807) is 30.3 Å². The van der Waals surface area contributed by atoms with Gasteiger partial charge in [0, 0.05) is 11.6 Å². The normalized spacial score (nSPS) is 13.2. The first-order valence-electron chi connectivity index (χ1n) is 5.60. The van der Waals surface area contributed by atoms with E-state index in [4.69, 9.17) is 5.21 Å². The van der Waals surface area contributed by atoms with E-state index in [2.05, 4.69) is 0 Å². The summed E-state index contributed by atoms with van der Waals surface area (Å²) in [5.41, 5.74) is 0.306. The number of nitrogens with one attached hydrogen (secondary N) is 1. The highest BCUT2D eigenvalue weighted by Crippen LogP contribution is 2.19. The molecule has 0 aliphatic heterocycles. The molecule has 0 bridgehead atoms. The highest BCUT2D eigenvalue weighted by molar-refractivity contribution is 7.90. The van der Waals surface area contributed by atoms with E-state index in [-0.39, 0.29) is 16.3 Å². The summed E-state index contributed by atoms with van der Waals surface area (Å²) >= 11 is 0. The number of hydrogen-bond donors (Lipinski definition) is 2. The molecule has 2 aromatic carbocycles. The Labute approximate surface area is 111 Å². The van der Waals surface area contributed by atoms with E-state index in [0.29, 0.717) is 5.56 Å². The van der Waals surface area contributed by atoms with Gasteiger partial charge in [0.15, 0.2) is 15.5 Å². The van der Waals surface area contributed by atoms with Crippen LogP contribution in [0.5, 0.6) is 0 Å². The summed E-state index contributed by atoms with van der Waals surface area (Å²) in [5.74, 6) is -0.320. The molecule has 0 radical (unpaired) electrons. The van der Waals surface area contributed by atoms with Crippen molar-refractivity contribution < 1.29 is 18.9 Å². The van der Waals surface area contributed by atoms with Gasteiger partial charge in [0.05, 0.1) is 10.6 Å². The van der Waals surface area contributed by atoms with Gasteiger partial charge in [-0.1, -0.05) is 36.4 Å². The third kappa shape index (κ3) is 3.18. The standard InChI is InChI=1S/C13H13NO4S/c15-14(16)13-9-5-4-6-11(13)10-19(17,18)12-7-2-1-3-8-12/h1-9,14-15H,10H2. The molecule has 2 rings (SSSR count). The topological polar surface area (TPSA) is 81.9 Å². The fraction of sp³-hybridized carbons (Fsp3) is 0.0769. The van der Waals surface area contributed by atoms with Crippen LogP contribution in [-0.4, -0.2) is 13.6 Å². The fourth-order valence-electron chi connectivity index (χ4n) is 1.77. The first-order chi connectivity index (χ1) is 9.00. The van der Waals surface area contributed by atoms with Crippen molar-refractivity contribution in [3.8, 4) is 0 Å². The van der Waals surface area contributed by atoms with Crippen LogP contribution < -0.4 is 5.23 Å². The van der Waals surface area contributed by atoms with Gasteiger partial charge >= 0.3 is 0 Å². The van der Waals surface area contributed by atoms with Crippen molar-refractivity contribution in [1.29, 1.82) is 0 Å². The summed E-state index contributed by atoms with van der Waals surface area (Å²) in [5, 5.41) is 19.0. The number of quaternary nitrogens is 1. The van der Waals surface area contributed by atoms with Gasteiger partial charge in [0.25, 0.3) is 0 Å². The van der Waals surface area contributed by atoms with Crippen molar-refractivity contribution in [3.05, 3.63) is 65.4 Å². The third-order valence-electron chi connectivity index (χ3n) is 2.70. The van der Waals surface area contributed by atoms with Gasteiger partial charge in [0.1, 0.15) is 0 Å². The van der Waals surface area contributed by atoms with E-state index < -0.39 is 15.1 Å². The van der Waals surface area contributed by atoms with Gasteiger partial charge in [-0.2, -0.15) is 5.23 Å². The lowest BCUT2D eigenvalue weighted by molar-refractivity contribution is -0.991. The molecule has 2 aromatic rings. The van der Waals surface area contributed by atoms with E-state index in [0.717, 1.165) is 0 Å². The molecule has 0 heterocycles. The van der Waals surface area contributed by atoms with E-state index in [1.165, 1.54) is 24.3 Å². The van der Waals surface area contributed by atoms with E-state index in [9.17, 15) is 13.6 Å². The molecule has 0 aliphatic rings. The van der Waals surface area contributed by atoms with Crippen molar-refractivity contribution in [2.24, 2.45) is 0 Å². The molecule has 0 aromatic heterocycles. The third-order valence-corrected chi connectivity index (χ3v) is 4.38. The minimum Gasteiger partial charge on any atom is -0.595 e. The summed E-state index contributed by atoms with van der Waals surface area (Å²) in [4.78, 5) is 0.190. The van der Waals surface area contributed by atoms with Crippen molar-refractivity contribution in [2.75, 3.05) is 0 Å². The first-order valence-corrected chi connectivity index (χ1v) is 7.25. The maximum atomic E-state index is 12.2. The fourth-order valence-corrected chi connectivity index (χ4v) is 3.17. The summed E-state index contributed by atoms with van der Waals surface area (Å²) in [6.45, 7) is 0. The summed E-state index contributed by atoms with van der Waals surface area (Å²) in [6.07, 6.45) is 0. The lowest BCUT2D eigenvalue weighted by Crippen LogP contribution is -2.99. The first kappa shape index (κ1) is 13.7. The number of rotatable bonds is 4. The number of hydrogen-bond acceptors (Lipinski definition) is 4. The van der Waals surface area contributed by atoms with Crippen LogP contribution in [0.25, 0.3) is 0 Å². The smallest absolute Gasteiger partial charge is 0.182 e. The molecule has 0 spiro atoms. The zero-order valence-corrected chi connectivity index (χ0v) is 10.8. The van der Waals surface area contributed by atoms with Crippen LogP contribution in [0.4, 0.5) is 5.69 Å². The van der Waals surface area contributed by atoms with Gasteiger partial charge in [-0.3, -0.25) is 0 Å². The van der Waals surface area contributed by atoms with Crippen molar-refractivity contribution in [3.63, 3.8) is 0 Å². The Morgan fingerprint density at radius 2 is 1.58 bits per heavy atom. The van der Waals surface area contributed by atoms with Crippen molar-refractivity contribution >= 4 is 15.5 Å². The molecule has 1 atom stereocenters. The average molecular weight is 279 g/mol. The zero-order valence-electron chi connectivity index (χ0n) is 9.98. The monoisotopic (exact) mass is 279 g/mol. The molecule has 19 heavy (non-hydrogen) atoms. The molecular weight excluding hydrogens is 266 g/mol. The second-order valence-electron chi connectivity index (χ2n) is 4.03. The second kappa shape index (κ2) is 5.50. The lowest BCUT2D eigenvalue weighted by Gasteiger charge is -2.15. The Kier molecular flexibility index (Phi) is 3.96. The van der Waals surface area contributed by atoms with Crippen LogP contribution >= 0.6 is 0 Å². The Morgan fingerprint density at radius 3 is 2.21 bits per heavy atom. The number of benzene rings is 2. The molecule has 5 nitrogen and oxygen atoms in total. The van der Waals surface area contributed by atoms with Crippen molar-refractivity contribution in [1.82, 2.24) is 0 Å². The van der Waals surface area contributed by atoms with Gasteiger partial charge in [0.2, 0.25) is 0 Å². The highest BCUT2D eigenvalue weighted by atomic mass is 32.2.